The molecule has 0 aliphatic carbocycles. The summed E-state index contributed by atoms with van der Waals surface area (Å²) in [5.74, 6) is 1.02. The molecule has 0 bridgehead atoms. The highest BCUT2D eigenvalue weighted by molar-refractivity contribution is 8.16. The third kappa shape index (κ3) is 4.53. The van der Waals surface area contributed by atoms with Crippen molar-refractivity contribution < 1.29 is 19.1 Å². The third-order valence-electron chi connectivity index (χ3n) is 6.53. The van der Waals surface area contributed by atoms with E-state index in [1.54, 1.807) is 7.11 Å². The van der Waals surface area contributed by atoms with Gasteiger partial charge in [0.2, 0.25) is 5.91 Å². The number of ether oxygens (including phenoxy) is 2. The van der Waals surface area contributed by atoms with Gasteiger partial charge in [0.25, 0.3) is 0 Å². The van der Waals surface area contributed by atoms with Crippen molar-refractivity contribution in [2.24, 2.45) is 10.9 Å². The Labute approximate surface area is 199 Å². The van der Waals surface area contributed by atoms with Crippen molar-refractivity contribution in [3.63, 3.8) is 0 Å². The zero-order valence-corrected chi connectivity index (χ0v) is 20.5. The van der Waals surface area contributed by atoms with Gasteiger partial charge >= 0.3 is 5.97 Å². The van der Waals surface area contributed by atoms with Crippen molar-refractivity contribution in [2.45, 2.75) is 45.6 Å². The van der Waals surface area contributed by atoms with E-state index in [1.165, 1.54) is 18.9 Å². The molecule has 8 heteroatoms. The molecule has 0 aromatic heterocycles. The van der Waals surface area contributed by atoms with Crippen LogP contribution in [0.4, 0.5) is 0 Å². The zero-order valence-electron chi connectivity index (χ0n) is 19.7. The normalized spacial score (nSPS) is 20.9. The van der Waals surface area contributed by atoms with E-state index in [0.717, 1.165) is 42.4 Å². The van der Waals surface area contributed by atoms with Gasteiger partial charge in [0.05, 0.1) is 38.0 Å². The molecule has 1 amide bonds. The number of hydrogen-bond donors (Lipinski definition) is 0. The average molecular weight is 470 g/mol. The lowest BCUT2D eigenvalue weighted by molar-refractivity contribution is -0.136. The Morgan fingerprint density at radius 1 is 1.18 bits per heavy atom. The molecule has 0 N–H and O–H groups in total. The van der Waals surface area contributed by atoms with E-state index in [-0.39, 0.29) is 12.3 Å². The summed E-state index contributed by atoms with van der Waals surface area (Å²) < 4.78 is 10.8. The van der Waals surface area contributed by atoms with Gasteiger partial charge in [-0.05, 0) is 36.7 Å². The average Bonchev–Trinajstić information content (AvgIpc) is 3.24. The van der Waals surface area contributed by atoms with E-state index >= 15 is 0 Å². The third-order valence-corrected chi connectivity index (χ3v) is 7.42. The van der Waals surface area contributed by atoms with Crippen LogP contribution in [0, 0.1) is 5.92 Å². The van der Waals surface area contributed by atoms with Crippen molar-refractivity contribution in [3.8, 4) is 5.75 Å². The predicted octanol–water partition coefficient (Wildman–Crippen LogP) is 4.48. The second-order valence-electron chi connectivity index (χ2n) is 8.58. The second-order valence-corrected chi connectivity index (χ2v) is 9.42. The van der Waals surface area contributed by atoms with E-state index in [9.17, 15) is 9.59 Å². The van der Waals surface area contributed by atoms with Gasteiger partial charge in [-0.25, -0.2) is 9.79 Å². The minimum Gasteiger partial charge on any atom is -0.496 e. The van der Waals surface area contributed by atoms with Crippen LogP contribution in [0.5, 0.6) is 5.75 Å². The maximum atomic E-state index is 13.2. The molecule has 1 aromatic carbocycles. The Kier molecular flexibility index (Phi) is 7.12. The summed E-state index contributed by atoms with van der Waals surface area (Å²) in [5.41, 5.74) is 2.87. The Hall–Kier alpha value is -2.74. The van der Waals surface area contributed by atoms with Crippen LogP contribution >= 0.6 is 11.8 Å². The van der Waals surface area contributed by atoms with Gasteiger partial charge in [0, 0.05) is 24.4 Å². The van der Waals surface area contributed by atoms with Crippen molar-refractivity contribution in [2.75, 3.05) is 27.3 Å². The molecule has 0 spiro atoms. The highest BCUT2D eigenvalue weighted by atomic mass is 32.2. The number of esters is 1. The standard InChI is InChI=1S/C25H31N3O4S/c1-5-19-22(24(30)32-4)23(18-8-6-7-9-20(18)31-3)28-17(15-33-25(28)26-19)14-21(29)27-12-10-16(2)11-13-27/h6-9,15-16,23H,5,10-14H2,1-4H3. The molecule has 7 nitrogen and oxygen atoms in total. The van der Waals surface area contributed by atoms with Gasteiger partial charge < -0.3 is 19.3 Å². The largest absolute Gasteiger partial charge is 0.496 e. The molecule has 1 atom stereocenters. The number of carbonyl (C=O) groups excluding carboxylic acids is 2. The zero-order chi connectivity index (χ0) is 23.5. The molecule has 0 radical (unpaired) electrons. The van der Waals surface area contributed by atoms with Crippen molar-refractivity contribution in [3.05, 3.63) is 52.2 Å². The van der Waals surface area contributed by atoms with Crippen molar-refractivity contribution in [1.82, 2.24) is 9.80 Å². The minimum absolute atomic E-state index is 0.110. The molecule has 33 heavy (non-hydrogen) atoms. The summed E-state index contributed by atoms with van der Waals surface area (Å²) in [5, 5.41) is 2.75. The van der Waals surface area contributed by atoms with Gasteiger partial charge in [-0.3, -0.25) is 4.79 Å². The molecule has 0 saturated carbocycles. The van der Waals surface area contributed by atoms with E-state index in [0.29, 0.717) is 29.4 Å². The van der Waals surface area contributed by atoms with E-state index in [1.807, 2.05) is 46.4 Å². The molecular formula is C25H31N3O4S. The highest BCUT2D eigenvalue weighted by Crippen LogP contribution is 2.47. The molecule has 1 unspecified atom stereocenters. The number of piperidine rings is 1. The molecule has 3 aliphatic rings. The van der Waals surface area contributed by atoms with E-state index < -0.39 is 12.0 Å². The summed E-state index contributed by atoms with van der Waals surface area (Å²) in [4.78, 5) is 34.9. The number of amidine groups is 1. The topological polar surface area (TPSA) is 71.4 Å². The quantitative estimate of drug-likeness (QED) is 0.572. The first kappa shape index (κ1) is 23.4. The fraction of sp³-hybridized carbons (Fsp3) is 0.480. The summed E-state index contributed by atoms with van der Waals surface area (Å²) >= 11 is 1.49. The summed E-state index contributed by atoms with van der Waals surface area (Å²) in [7, 11) is 3.01. The van der Waals surface area contributed by atoms with E-state index in [4.69, 9.17) is 14.5 Å². The Bertz CT molecular complexity index is 1020. The number of fused-ring (bicyclic) bond motifs is 1. The van der Waals surface area contributed by atoms with Crippen LogP contribution in [0.15, 0.2) is 51.6 Å². The molecule has 176 valence electrons. The van der Waals surface area contributed by atoms with Gasteiger partial charge in [-0.1, -0.05) is 43.8 Å². The lowest BCUT2D eigenvalue weighted by Gasteiger charge is -2.37. The second kappa shape index (κ2) is 10.0. The minimum atomic E-state index is -0.480. The van der Waals surface area contributed by atoms with Gasteiger partial charge in [-0.2, -0.15) is 0 Å². The number of allylic oxidation sites excluding steroid dienone is 1. The molecular weight excluding hydrogens is 438 g/mol. The Balaban J connectivity index is 1.72. The molecule has 1 fully saturated rings. The fourth-order valence-corrected chi connectivity index (χ4v) is 5.56. The number of carbonyl (C=O) groups is 2. The number of thioether (sulfide) groups is 1. The van der Waals surface area contributed by atoms with Crippen LogP contribution in [-0.2, 0) is 14.3 Å². The van der Waals surface area contributed by atoms with E-state index in [2.05, 4.69) is 6.92 Å². The molecule has 4 rings (SSSR count). The fourth-order valence-electron chi connectivity index (χ4n) is 4.62. The SMILES string of the molecule is CCC1=C(C(=O)OC)C(c2ccccc2OC)N2C(CC(=O)N3CCC(C)CC3)=CSC2=N1. The number of hydrogen-bond acceptors (Lipinski definition) is 7. The van der Waals surface area contributed by atoms with Gasteiger partial charge in [0.15, 0.2) is 5.17 Å². The number of nitrogens with zero attached hydrogens (tertiary/aromatic N) is 3. The first-order valence-electron chi connectivity index (χ1n) is 11.4. The van der Waals surface area contributed by atoms with Crippen LogP contribution in [0.1, 0.15) is 51.1 Å². The van der Waals surface area contributed by atoms with Crippen LogP contribution in [0.3, 0.4) is 0 Å². The summed E-state index contributed by atoms with van der Waals surface area (Å²) in [6, 6.07) is 7.19. The summed E-state index contributed by atoms with van der Waals surface area (Å²) in [6.45, 7) is 5.81. The predicted molar refractivity (Wildman–Crippen MR) is 130 cm³/mol. The lowest BCUT2D eigenvalue weighted by atomic mass is 9.92. The smallest absolute Gasteiger partial charge is 0.338 e. The number of methoxy groups -OCH3 is 2. The van der Waals surface area contributed by atoms with Crippen LogP contribution in [0.2, 0.25) is 0 Å². The lowest BCUT2D eigenvalue weighted by Crippen LogP contribution is -2.41. The van der Waals surface area contributed by atoms with Gasteiger partial charge in [0.1, 0.15) is 5.75 Å². The Morgan fingerprint density at radius 2 is 1.91 bits per heavy atom. The molecule has 1 aromatic rings. The molecule has 1 saturated heterocycles. The maximum Gasteiger partial charge on any atom is 0.338 e. The van der Waals surface area contributed by atoms with Crippen LogP contribution in [0.25, 0.3) is 0 Å². The number of rotatable bonds is 6. The first-order chi connectivity index (χ1) is 16.0. The molecule has 3 aliphatic heterocycles. The Morgan fingerprint density at radius 3 is 2.58 bits per heavy atom. The summed E-state index contributed by atoms with van der Waals surface area (Å²) in [6.07, 6.45) is 2.93. The number of aliphatic imine (C=N–C) groups is 1. The van der Waals surface area contributed by atoms with Crippen LogP contribution < -0.4 is 4.74 Å². The molecule has 3 heterocycles. The number of likely N-dealkylation sites (tertiary alicyclic amines) is 1. The number of benzene rings is 1. The van der Waals surface area contributed by atoms with Crippen molar-refractivity contribution in [1.29, 1.82) is 0 Å². The number of amides is 1. The highest BCUT2D eigenvalue weighted by Gasteiger charge is 2.42. The van der Waals surface area contributed by atoms with Crippen molar-refractivity contribution >= 4 is 28.8 Å². The first-order valence-corrected chi connectivity index (χ1v) is 12.3. The van der Waals surface area contributed by atoms with Gasteiger partial charge in [-0.15, -0.1) is 0 Å². The maximum absolute atomic E-state index is 13.2. The van der Waals surface area contributed by atoms with Crippen LogP contribution in [-0.4, -0.2) is 54.2 Å². The monoisotopic (exact) mass is 469 g/mol. The number of para-hydroxylation sites is 1.